The van der Waals surface area contributed by atoms with E-state index in [1.807, 2.05) is 36.7 Å². The molecule has 26 heavy (non-hydrogen) atoms. The molecule has 1 amide bonds. The average Bonchev–Trinajstić information content (AvgIpc) is 3.06. The lowest BCUT2D eigenvalue weighted by Gasteiger charge is -2.18. The van der Waals surface area contributed by atoms with E-state index in [1.165, 1.54) is 0 Å². The fraction of sp³-hybridized carbons (Fsp3) is 0.316. The predicted octanol–water partition coefficient (Wildman–Crippen LogP) is 3.82. The second-order valence-electron chi connectivity index (χ2n) is 6.33. The van der Waals surface area contributed by atoms with Crippen LogP contribution in [0.2, 0.25) is 5.02 Å². The molecule has 0 saturated heterocycles. The zero-order chi connectivity index (χ0) is 18.7. The largest absolute Gasteiger partial charge is 0.490 e. The lowest BCUT2D eigenvalue weighted by molar-refractivity contribution is 0.0773. The Kier molecular flexibility index (Phi) is 5.42. The van der Waals surface area contributed by atoms with Crippen molar-refractivity contribution >= 4 is 28.5 Å². The number of para-hydroxylation sites is 1. The number of carbonyl (C=O) groups is 1. The van der Waals surface area contributed by atoms with Gasteiger partial charge >= 0.3 is 0 Å². The number of fused-ring (bicyclic) bond motifs is 1. The van der Waals surface area contributed by atoms with Gasteiger partial charge in [-0.05, 0) is 32.0 Å². The molecule has 0 saturated carbocycles. The molecule has 2 aromatic heterocycles. The topological polar surface area (TPSA) is 60.2 Å². The predicted molar refractivity (Wildman–Crippen MR) is 102 cm³/mol. The molecule has 136 valence electrons. The number of aromatic nitrogens is 3. The summed E-state index contributed by atoms with van der Waals surface area (Å²) in [6.07, 6.45) is 3.33. The molecule has 0 unspecified atom stereocenters. The summed E-state index contributed by atoms with van der Waals surface area (Å²) in [5.41, 5.74) is 1.31. The smallest absolute Gasteiger partial charge is 0.255 e. The van der Waals surface area contributed by atoms with E-state index in [9.17, 15) is 4.79 Å². The van der Waals surface area contributed by atoms with Crippen LogP contribution in [0.15, 0.2) is 42.7 Å². The second-order valence-corrected chi connectivity index (χ2v) is 6.73. The van der Waals surface area contributed by atoms with Crippen LogP contribution in [0.1, 0.15) is 30.2 Å². The molecule has 0 N–H and O–H groups in total. The minimum atomic E-state index is -0.112. The first-order chi connectivity index (χ1) is 12.5. The molecule has 0 aliphatic heterocycles. The summed E-state index contributed by atoms with van der Waals surface area (Å²) in [6.45, 7) is 4.88. The molecule has 0 radical (unpaired) electrons. The first-order valence-corrected chi connectivity index (χ1v) is 8.81. The Morgan fingerprint density at radius 3 is 2.81 bits per heavy atom. The van der Waals surface area contributed by atoms with E-state index in [0.29, 0.717) is 29.5 Å². The molecule has 7 heteroatoms. The fourth-order valence-electron chi connectivity index (χ4n) is 2.61. The Balaban J connectivity index is 1.64. The minimum Gasteiger partial charge on any atom is -0.490 e. The summed E-state index contributed by atoms with van der Waals surface area (Å²) >= 11 is 6.06. The number of carbonyl (C=O) groups excluding carboxylic acids is 1. The van der Waals surface area contributed by atoms with Crippen LogP contribution < -0.4 is 4.74 Å². The number of likely N-dealkylation sites (N-methyl/N-ethyl adjacent to an activating group) is 1. The highest BCUT2D eigenvalue weighted by atomic mass is 35.5. The number of amides is 1. The van der Waals surface area contributed by atoms with Crippen molar-refractivity contribution in [3.8, 4) is 5.75 Å². The first-order valence-electron chi connectivity index (χ1n) is 8.43. The molecule has 3 rings (SSSR count). The van der Waals surface area contributed by atoms with Gasteiger partial charge in [0.2, 0.25) is 0 Å². The molecular formula is C19H21ClN4O2. The minimum absolute atomic E-state index is 0.112. The fourth-order valence-corrected chi connectivity index (χ4v) is 2.80. The van der Waals surface area contributed by atoms with Crippen molar-refractivity contribution in [2.24, 2.45) is 0 Å². The Hall–Kier alpha value is -2.60. The summed E-state index contributed by atoms with van der Waals surface area (Å²) in [6, 6.07) is 9.30. The van der Waals surface area contributed by atoms with E-state index in [4.69, 9.17) is 16.3 Å². The molecule has 0 atom stereocenters. The highest BCUT2D eigenvalue weighted by Gasteiger charge is 2.15. The van der Waals surface area contributed by atoms with E-state index in [0.717, 1.165) is 11.0 Å². The van der Waals surface area contributed by atoms with E-state index < -0.39 is 0 Å². The molecule has 0 aliphatic rings. The lowest BCUT2D eigenvalue weighted by atomic mass is 10.2. The molecule has 1 aromatic carbocycles. The van der Waals surface area contributed by atoms with Crippen LogP contribution in [0.5, 0.6) is 5.75 Å². The van der Waals surface area contributed by atoms with Crippen LogP contribution in [0.25, 0.3) is 11.0 Å². The van der Waals surface area contributed by atoms with Crippen molar-refractivity contribution in [2.75, 3.05) is 20.2 Å². The van der Waals surface area contributed by atoms with Gasteiger partial charge in [-0.25, -0.2) is 9.67 Å². The van der Waals surface area contributed by atoms with Gasteiger partial charge in [0, 0.05) is 24.7 Å². The van der Waals surface area contributed by atoms with Crippen LogP contribution in [-0.2, 0) is 0 Å². The third-order valence-corrected chi connectivity index (χ3v) is 4.35. The van der Waals surface area contributed by atoms with Gasteiger partial charge in [0.1, 0.15) is 12.4 Å². The van der Waals surface area contributed by atoms with Crippen LogP contribution in [0.3, 0.4) is 0 Å². The third kappa shape index (κ3) is 3.80. The number of benzene rings is 1. The number of pyridine rings is 1. The molecule has 0 spiro atoms. The Bertz CT molecular complexity index is 923. The summed E-state index contributed by atoms with van der Waals surface area (Å²) < 4.78 is 7.48. The molecule has 0 bridgehead atoms. The SMILES string of the molecule is CC(C)n1ncc2cc(C(=O)N(C)CCOc3ccccc3Cl)cnc21. The van der Waals surface area contributed by atoms with Crippen molar-refractivity contribution in [3.63, 3.8) is 0 Å². The lowest BCUT2D eigenvalue weighted by Crippen LogP contribution is -2.31. The molecule has 3 aromatic rings. The summed E-state index contributed by atoms with van der Waals surface area (Å²) in [5, 5.41) is 5.73. The van der Waals surface area contributed by atoms with Crippen LogP contribution in [-0.4, -0.2) is 45.8 Å². The van der Waals surface area contributed by atoms with Gasteiger partial charge in [-0.2, -0.15) is 5.10 Å². The number of halogens is 1. The average molecular weight is 373 g/mol. The van der Waals surface area contributed by atoms with Crippen LogP contribution in [0, 0.1) is 0 Å². The van der Waals surface area contributed by atoms with Gasteiger partial charge in [0.15, 0.2) is 5.65 Å². The maximum Gasteiger partial charge on any atom is 0.255 e. The number of hydrogen-bond acceptors (Lipinski definition) is 4. The van der Waals surface area contributed by atoms with Gasteiger partial charge in [-0.15, -0.1) is 0 Å². The number of hydrogen-bond donors (Lipinski definition) is 0. The zero-order valence-electron chi connectivity index (χ0n) is 15.0. The zero-order valence-corrected chi connectivity index (χ0v) is 15.8. The quantitative estimate of drug-likeness (QED) is 0.660. The number of nitrogens with zero attached hydrogens (tertiary/aromatic N) is 4. The van der Waals surface area contributed by atoms with Crippen molar-refractivity contribution in [1.82, 2.24) is 19.7 Å². The van der Waals surface area contributed by atoms with Gasteiger partial charge < -0.3 is 9.64 Å². The van der Waals surface area contributed by atoms with Crippen LogP contribution >= 0.6 is 11.6 Å². The third-order valence-electron chi connectivity index (χ3n) is 4.04. The highest BCUT2D eigenvalue weighted by molar-refractivity contribution is 6.32. The molecular weight excluding hydrogens is 352 g/mol. The standard InChI is InChI=1S/C19H21ClN4O2/c1-13(2)24-18-14(12-22-24)10-15(11-21-18)19(25)23(3)8-9-26-17-7-5-4-6-16(17)20/h4-7,10-13H,8-9H2,1-3H3. The second kappa shape index (κ2) is 7.74. The first kappa shape index (κ1) is 18.2. The summed E-state index contributed by atoms with van der Waals surface area (Å²) in [7, 11) is 1.74. The number of rotatable bonds is 6. The van der Waals surface area contributed by atoms with Crippen LogP contribution in [0.4, 0.5) is 0 Å². The highest BCUT2D eigenvalue weighted by Crippen LogP contribution is 2.23. The normalized spacial score (nSPS) is 11.1. The number of ether oxygens (including phenoxy) is 1. The Labute approximate surface area is 157 Å². The van der Waals surface area contributed by atoms with E-state index in [2.05, 4.69) is 10.1 Å². The van der Waals surface area contributed by atoms with Gasteiger partial charge in [0.05, 0.1) is 23.3 Å². The molecule has 2 heterocycles. The summed E-state index contributed by atoms with van der Waals surface area (Å²) in [5.74, 6) is 0.499. The van der Waals surface area contributed by atoms with Crippen molar-refractivity contribution in [1.29, 1.82) is 0 Å². The van der Waals surface area contributed by atoms with Gasteiger partial charge in [-0.1, -0.05) is 23.7 Å². The van der Waals surface area contributed by atoms with E-state index >= 15 is 0 Å². The van der Waals surface area contributed by atoms with Gasteiger partial charge in [-0.3, -0.25) is 4.79 Å². The molecule has 0 aliphatic carbocycles. The van der Waals surface area contributed by atoms with Crippen molar-refractivity contribution in [2.45, 2.75) is 19.9 Å². The molecule has 0 fully saturated rings. The Morgan fingerprint density at radius 2 is 2.08 bits per heavy atom. The maximum absolute atomic E-state index is 12.6. The van der Waals surface area contributed by atoms with E-state index in [-0.39, 0.29) is 11.9 Å². The monoisotopic (exact) mass is 372 g/mol. The summed E-state index contributed by atoms with van der Waals surface area (Å²) in [4.78, 5) is 18.6. The molecule has 6 nitrogen and oxygen atoms in total. The van der Waals surface area contributed by atoms with Crippen molar-refractivity contribution < 1.29 is 9.53 Å². The van der Waals surface area contributed by atoms with Crippen molar-refractivity contribution in [3.05, 3.63) is 53.3 Å². The van der Waals surface area contributed by atoms with Gasteiger partial charge in [0.25, 0.3) is 5.91 Å². The van der Waals surface area contributed by atoms with E-state index in [1.54, 1.807) is 36.5 Å². The Morgan fingerprint density at radius 1 is 1.31 bits per heavy atom. The maximum atomic E-state index is 12.6.